The topological polar surface area (TPSA) is 35.8 Å². The summed E-state index contributed by atoms with van der Waals surface area (Å²) >= 11 is 18.9. The summed E-state index contributed by atoms with van der Waals surface area (Å²) in [5.41, 5.74) is 2.08. The van der Waals surface area contributed by atoms with Crippen molar-refractivity contribution in [1.82, 2.24) is 0 Å². The van der Waals surface area contributed by atoms with Crippen molar-refractivity contribution >= 4 is 66.4 Å². The van der Waals surface area contributed by atoms with Crippen LogP contribution in [0, 0.1) is 11.3 Å². The van der Waals surface area contributed by atoms with Crippen LogP contribution in [-0.2, 0) is 0 Å². The van der Waals surface area contributed by atoms with Crippen molar-refractivity contribution in [1.29, 1.82) is 5.26 Å². The summed E-state index contributed by atoms with van der Waals surface area (Å²) in [6, 6.07) is 11.0. The number of hydrogen-bond donors (Lipinski definition) is 1. The summed E-state index contributed by atoms with van der Waals surface area (Å²) < 4.78 is 1.52. The van der Waals surface area contributed by atoms with Crippen molar-refractivity contribution in [2.24, 2.45) is 0 Å². The normalized spacial score (nSPS) is 10.1. The summed E-state index contributed by atoms with van der Waals surface area (Å²) in [7, 11) is 0. The summed E-state index contributed by atoms with van der Waals surface area (Å²) in [6.07, 6.45) is 0. The number of anilines is 2. The zero-order valence-electron chi connectivity index (χ0n) is 9.35. The lowest BCUT2D eigenvalue weighted by Crippen LogP contribution is -1.93. The number of nitriles is 1. The number of nitrogens with zero attached hydrogens (tertiary/aromatic N) is 1. The first kappa shape index (κ1) is 14.7. The molecule has 2 nitrogen and oxygen atoms in total. The van der Waals surface area contributed by atoms with Crippen LogP contribution in [0.3, 0.4) is 0 Å². The van der Waals surface area contributed by atoms with Crippen LogP contribution in [0.5, 0.6) is 0 Å². The third-order valence-electron chi connectivity index (χ3n) is 2.40. The van der Waals surface area contributed by atoms with Gasteiger partial charge in [-0.1, -0.05) is 23.2 Å². The van der Waals surface area contributed by atoms with Crippen LogP contribution in [0.4, 0.5) is 11.4 Å². The van der Waals surface area contributed by atoms with Crippen LogP contribution in [-0.4, -0.2) is 0 Å². The van der Waals surface area contributed by atoms with E-state index < -0.39 is 0 Å². The molecule has 0 aliphatic carbocycles. The maximum Gasteiger partial charge on any atom is 0.0992 e. The minimum atomic E-state index is 0.437. The van der Waals surface area contributed by atoms with E-state index in [1.54, 1.807) is 18.2 Å². The van der Waals surface area contributed by atoms with Gasteiger partial charge in [-0.05, 0) is 62.2 Å². The van der Waals surface area contributed by atoms with Crippen LogP contribution in [0.15, 0.2) is 39.3 Å². The van der Waals surface area contributed by atoms with Crippen molar-refractivity contribution in [3.05, 3.63) is 54.9 Å². The van der Waals surface area contributed by atoms with E-state index in [1.807, 2.05) is 12.1 Å². The van der Waals surface area contributed by atoms with E-state index in [0.717, 1.165) is 14.6 Å². The largest absolute Gasteiger partial charge is 0.353 e. The van der Waals surface area contributed by atoms with Gasteiger partial charge in [0.15, 0.2) is 0 Å². The highest BCUT2D eigenvalue weighted by Crippen LogP contribution is 2.38. The molecule has 0 aliphatic rings. The Morgan fingerprint density at radius 3 is 2.26 bits per heavy atom. The molecular weight excluding hydrogens is 415 g/mol. The van der Waals surface area contributed by atoms with Gasteiger partial charge in [-0.15, -0.1) is 0 Å². The first-order valence-electron chi connectivity index (χ1n) is 5.13. The molecule has 2 aromatic rings. The van der Waals surface area contributed by atoms with E-state index in [9.17, 15) is 0 Å². The van der Waals surface area contributed by atoms with Crippen molar-refractivity contribution in [3.63, 3.8) is 0 Å². The molecule has 0 atom stereocenters. The molecule has 0 aromatic heterocycles. The highest BCUT2D eigenvalue weighted by molar-refractivity contribution is 9.11. The van der Waals surface area contributed by atoms with Crippen molar-refractivity contribution in [2.75, 3.05) is 5.32 Å². The fourth-order valence-electron chi connectivity index (χ4n) is 1.45. The van der Waals surface area contributed by atoms with Crippen LogP contribution in [0.1, 0.15) is 5.56 Å². The smallest absolute Gasteiger partial charge is 0.0992 e. The second-order valence-corrected chi connectivity index (χ2v) is 6.12. The first-order valence-corrected chi connectivity index (χ1v) is 7.47. The van der Waals surface area contributed by atoms with E-state index in [2.05, 4.69) is 43.2 Å². The Labute approximate surface area is 137 Å². The van der Waals surface area contributed by atoms with Crippen LogP contribution in [0.2, 0.25) is 10.0 Å². The van der Waals surface area contributed by atoms with Gasteiger partial charge in [-0.3, -0.25) is 0 Å². The molecule has 96 valence electrons. The summed E-state index contributed by atoms with van der Waals surface area (Å²) in [5, 5.41) is 12.9. The van der Waals surface area contributed by atoms with Crippen LogP contribution in [0.25, 0.3) is 0 Å². The van der Waals surface area contributed by atoms with Crippen LogP contribution < -0.4 is 5.32 Å². The van der Waals surface area contributed by atoms with Gasteiger partial charge >= 0.3 is 0 Å². The Bertz CT molecular complexity index is 681. The quantitative estimate of drug-likeness (QED) is 0.593. The second-order valence-electron chi connectivity index (χ2n) is 3.65. The first-order chi connectivity index (χ1) is 9.02. The van der Waals surface area contributed by atoms with Gasteiger partial charge in [0.05, 0.1) is 33.1 Å². The average Bonchev–Trinajstić information content (AvgIpc) is 2.41. The Morgan fingerprint density at radius 2 is 1.63 bits per heavy atom. The fourth-order valence-corrected chi connectivity index (χ4v) is 2.75. The third-order valence-corrected chi connectivity index (χ3v) is 4.83. The van der Waals surface area contributed by atoms with E-state index in [-0.39, 0.29) is 0 Å². The molecular formula is C13H6Br2Cl2N2. The SMILES string of the molecule is N#Cc1ccc(Nc2ccc(Br)c(Cl)c2Cl)c(Br)c1. The Kier molecular flexibility index (Phi) is 4.75. The Hall–Kier alpha value is -0.730. The Morgan fingerprint density at radius 1 is 0.947 bits per heavy atom. The average molecular weight is 421 g/mol. The minimum Gasteiger partial charge on any atom is -0.353 e. The molecule has 1 N–H and O–H groups in total. The van der Waals surface area contributed by atoms with E-state index >= 15 is 0 Å². The predicted octanol–water partition coefficient (Wildman–Crippen LogP) is 6.13. The maximum absolute atomic E-state index is 8.82. The number of benzene rings is 2. The lowest BCUT2D eigenvalue weighted by molar-refractivity contribution is 1.46. The van der Waals surface area contributed by atoms with E-state index in [1.165, 1.54) is 0 Å². The molecule has 0 amide bonds. The van der Waals surface area contributed by atoms with Crippen molar-refractivity contribution in [2.45, 2.75) is 0 Å². The molecule has 0 spiro atoms. The molecule has 0 unspecified atom stereocenters. The second kappa shape index (κ2) is 6.15. The lowest BCUT2D eigenvalue weighted by Gasteiger charge is -2.12. The molecule has 0 fully saturated rings. The monoisotopic (exact) mass is 418 g/mol. The molecule has 0 saturated carbocycles. The molecule has 6 heteroatoms. The molecule has 0 heterocycles. The Balaban J connectivity index is 2.37. The molecule has 0 aliphatic heterocycles. The van der Waals surface area contributed by atoms with E-state index in [0.29, 0.717) is 21.3 Å². The summed E-state index contributed by atoms with van der Waals surface area (Å²) in [6.45, 7) is 0. The van der Waals surface area contributed by atoms with Crippen LogP contribution >= 0.6 is 55.1 Å². The van der Waals surface area contributed by atoms with Gasteiger partial charge in [0, 0.05) is 8.95 Å². The van der Waals surface area contributed by atoms with Crippen molar-refractivity contribution in [3.8, 4) is 6.07 Å². The number of nitrogens with one attached hydrogen (secondary N) is 1. The fraction of sp³-hybridized carbons (Fsp3) is 0. The molecule has 19 heavy (non-hydrogen) atoms. The van der Waals surface area contributed by atoms with Gasteiger partial charge in [-0.2, -0.15) is 5.26 Å². The minimum absolute atomic E-state index is 0.437. The third kappa shape index (κ3) is 3.24. The summed E-state index contributed by atoms with van der Waals surface area (Å²) in [4.78, 5) is 0. The molecule has 0 bridgehead atoms. The van der Waals surface area contributed by atoms with E-state index in [4.69, 9.17) is 28.5 Å². The highest BCUT2D eigenvalue weighted by Gasteiger charge is 2.10. The zero-order valence-corrected chi connectivity index (χ0v) is 14.0. The number of rotatable bonds is 2. The lowest BCUT2D eigenvalue weighted by atomic mass is 10.2. The predicted molar refractivity (Wildman–Crippen MR) is 86.3 cm³/mol. The number of hydrogen-bond acceptors (Lipinski definition) is 2. The van der Waals surface area contributed by atoms with Gasteiger partial charge in [0.2, 0.25) is 0 Å². The zero-order chi connectivity index (χ0) is 14.0. The van der Waals surface area contributed by atoms with Gasteiger partial charge < -0.3 is 5.32 Å². The molecule has 0 radical (unpaired) electrons. The van der Waals surface area contributed by atoms with Crippen molar-refractivity contribution < 1.29 is 0 Å². The van der Waals surface area contributed by atoms with Gasteiger partial charge in [0.1, 0.15) is 0 Å². The maximum atomic E-state index is 8.82. The highest BCUT2D eigenvalue weighted by atomic mass is 79.9. The molecule has 2 aromatic carbocycles. The number of halogens is 4. The van der Waals surface area contributed by atoms with Gasteiger partial charge in [-0.25, -0.2) is 0 Å². The molecule has 2 rings (SSSR count). The summed E-state index contributed by atoms with van der Waals surface area (Å²) in [5.74, 6) is 0. The molecule has 0 saturated heterocycles. The van der Waals surface area contributed by atoms with Gasteiger partial charge in [0.25, 0.3) is 0 Å². The standard InChI is InChI=1S/C13H6Br2Cl2N2/c14-8-2-4-11(13(17)12(8)16)19-10-3-1-7(6-18)5-9(10)15/h1-5,19H.